The summed E-state index contributed by atoms with van der Waals surface area (Å²) in [6.07, 6.45) is 7.13. The van der Waals surface area contributed by atoms with Gasteiger partial charge in [0, 0.05) is 25.8 Å². The van der Waals surface area contributed by atoms with Gasteiger partial charge in [-0.25, -0.2) is 4.98 Å². The number of benzene rings is 1. The van der Waals surface area contributed by atoms with Crippen LogP contribution in [0.4, 0.5) is 11.8 Å². The smallest absolute Gasteiger partial charge is 0.237 e. The predicted molar refractivity (Wildman–Crippen MR) is 139 cm³/mol. The first-order valence-electron chi connectivity index (χ1n) is 12.3. The van der Waals surface area contributed by atoms with E-state index in [4.69, 9.17) is 17.2 Å². The van der Waals surface area contributed by atoms with Crippen molar-refractivity contribution >= 4 is 23.7 Å². The molecule has 0 spiro atoms. The molecule has 10 heteroatoms. The van der Waals surface area contributed by atoms with Gasteiger partial charge in [-0.3, -0.25) is 4.79 Å². The number of unbranched alkanes of at least 4 members (excludes halogenated alkanes) is 2. The van der Waals surface area contributed by atoms with Gasteiger partial charge in [0.15, 0.2) is 6.23 Å². The molecule has 0 fully saturated rings. The summed E-state index contributed by atoms with van der Waals surface area (Å²) in [5.74, 6) is 0.583. The van der Waals surface area contributed by atoms with Crippen LogP contribution in [0.3, 0.4) is 0 Å². The van der Waals surface area contributed by atoms with E-state index in [0.29, 0.717) is 43.1 Å². The quantitative estimate of drug-likeness (QED) is 0.233. The van der Waals surface area contributed by atoms with Crippen molar-refractivity contribution in [1.82, 2.24) is 20.2 Å². The second-order valence-corrected chi connectivity index (χ2v) is 8.80. The molecule has 2 aromatic rings. The molecule has 1 aromatic carbocycles. The molecule has 35 heavy (non-hydrogen) atoms. The average Bonchev–Trinajstić information content (AvgIpc) is 2.85. The number of nitrogens with one attached hydrogen (secondary N) is 2. The van der Waals surface area contributed by atoms with Crippen LogP contribution in [-0.4, -0.2) is 45.0 Å². The molecule has 0 saturated heterocycles. The highest BCUT2D eigenvalue weighted by atomic mass is 16.3. The Morgan fingerprint density at radius 2 is 1.91 bits per heavy atom. The molecule has 0 unspecified atom stereocenters. The standard InChI is InChI=1S/C25H38N8O2/c1-2-3-13-29-22-21-20(31-25(28)32-22)11-14-33(24(21)35)16-18-9-7-17(8-10-18)15-30-23(34)19(27)6-4-5-12-26/h7-11,14,19,24,35H,2-6,12-13,15-16,26-27H2,1H3,(H,30,34)(H3,28,29,31,32)/t19-,24-/m0/s1. The normalized spacial score (nSPS) is 15.5. The minimum atomic E-state index is -0.903. The number of aromatic nitrogens is 2. The van der Waals surface area contributed by atoms with Crippen molar-refractivity contribution in [1.29, 1.82) is 0 Å². The number of fused-ring (bicyclic) bond motifs is 1. The first-order valence-corrected chi connectivity index (χ1v) is 12.3. The Balaban J connectivity index is 1.58. The molecule has 1 aliphatic heterocycles. The number of aliphatic hydroxyl groups is 1. The number of carbonyl (C=O) groups is 1. The molecule has 0 radical (unpaired) electrons. The first kappa shape index (κ1) is 26.4. The maximum absolute atomic E-state index is 12.2. The minimum absolute atomic E-state index is 0.155. The van der Waals surface area contributed by atoms with Crippen LogP contribution in [-0.2, 0) is 17.9 Å². The number of anilines is 2. The Hall–Kier alpha value is -3.21. The van der Waals surface area contributed by atoms with Crippen molar-refractivity contribution in [2.45, 2.75) is 64.4 Å². The van der Waals surface area contributed by atoms with Crippen LogP contribution in [0, 0.1) is 0 Å². The molecule has 0 aliphatic carbocycles. The Morgan fingerprint density at radius 1 is 1.17 bits per heavy atom. The molecule has 2 heterocycles. The summed E-state index contributed by atoms with van der Waals surface area (Å²) >= 11 is 0. The SMILES string of the molecule is CCCCNc1nc(N)nc2c1[C@H](O)N(Cc1ccc(CNC(=O)[C@@H](N)CCCCN)cc1)C=C2. The van der Waals surface area contributed by atoms with E-state index in [9.17, 15) is 9.90 Å². The Labute approximate surface area is 207 Å². The van der Waals surface area contributed by atoms with E-state index in [-0.39, 0.29) is 11.9 Å². The van der Waals surface area contributed by atoms with Crippen LogP contribution in [0.5, 0.6) is 0 Å². The van der Waals surface area contributed by atoms with E-state index >= 15 is 0 Å². The van der Waals surface area contributed by atoms with Crippen molar-refractivity contribution in [2.75, 3.05) is 24.1 Å². The second-order valence-electron chi connectivity index (χ2n) is 8.80. The van der Waals surface area contributed by atoms with Crippen molar-refractivity contribution < 1.29 is 9.90 Å². The van der Waals surface area contributed by atoms with Gasteiger partial charge in [-0.1, -0.05) is 44.0 Å². The zero-order valence-corrected chi connectivity index (χ0v) is 20.4. The predicted octanol–water partition coefficient (Wildman–Crippen LogP) is 1.82. The summed E-state index contributed by atoms with van der Waals surface area (Å²) in [4.78, 5) is 22.6. The van der Waals surface area contributed by atoms with E-state index < -0.39 is 12.3 Å². The fourth-order valence-electron chi connectivity index (χ4n) is 3.89. The molecule has 2 atom stereocenters. The largest absolute Gasteiger partial charge is 0.370 e. The number of nitrogens with zero attached hydrogens (tertiary/aromatic N) is 3. The van der Waals surface area contributed by atoms with Gasteiger partial charge < -0.3 is 37.8 Å². The Morgan fingerprint density at radius 3 is 2.63 bits per heavy atom. The van der Waals surface area contributed by atoms with Gasteiger partial charge in [0.05, 0.1) is 17.3 Å². The highest BCUT2D eigenvalue weighted by molar-refractivity contribution is 5.81. The maximum Gasteiger partial charge on any atom is 0.237 e. The number of aliphatic hydroxyl groups excluding tert-OH is 1. The van der Waals surface area contributed by atoms with Crippen molar-refractivity contribution in [3.63, 3.8) is 0 Å². The number of nitrogens with two attached hydrogens (primary N) is 3. The summed E-state index contributed by atoms with van der Waals surface area (Å²) < 4.78 is 0. The molecule has 190 valence electrons. The van der Waals surface area contributed by atoms with Crippen LogP contribution in [0.15, 0.2) is 30.5 Å². The van der Waals surface area contributed by atoms with E-state index in [1.165, 1.54) is 0 Å². The van der Waals surface area contributed by atoms with E-state index in [1.54, 1.807) is 0 Å². The van der Waals surface area contributed by atoms with Crippen molar-refractivity contribution in [3.8, 4) is 0 Å². The molecular formula is C25H38N8O2. The van der Waals surface area contributed by atoms with Crippen LogP contribution in [0.2, 0.25) is 0 Å². The van der Waals surface area contributed by atoms with Crippen LogP contribution >= 0.6 is 0 Å². The summed E-state index contributed by atoms with van der Waals surface area (Å²) in [5.41, 5.74) is 20.5. The van der Waals surface area contributed by atoms with Gasteiger partial charge >= 0.3 is 0 Å². The number of carbonyl (C=O) groups excluding carboxylic acids is 1. The topological polar surface area (TPSA) is 168 Å². The molecule has 1 aromatic heterocycles. The zero-order valence-electron chi connectivity index (χ0n) is 20.4. The molecule has 10 nitrogen and oxygen atoms in total. The molecule has 0 bridgehead atoms. The molecule has 9 N–H and O–H groups in total. The molecule has 0 saturated carbocycles. The van der Waals surface area contributed by atoms with Gasteiger partial charge in [0.1, 0.15) is 5.82 Å². The third kappa shape index (κ3) is 7.38. The Bertz CT molecular complexity index is 996. The number of nitrogen functional groups attached to an aromatic ring is 1. The molecular weight excluding hydrogens is 444 g/mol. The zero-order chi connectivity index (χ0) is 25.2. The summed E-state index contributed by atoms with van der Waals surface area (Å²) in [5, 5.41) is 17.3. The lowest BCUT2D eigenvalue weighted by molar-refractivity contribution is -0.122. The first-order chi connectivity index (χ1) is 16.9. The molecule has 1 amide bonds. The average molecular weight is 483 g/mol. The monoisotopic (exact) mass is 482 g/mol. The minimum Gasteiger partial charge on any atom is -0.370 e. The summed E-state index contributed by atoms with van der Waals surface area (Å²) in [6.45, 7) is 4.37. The van der Waals surface area contributed by atoms with Crippen molar-refractivity contribution in [2.24, 2.45) is 11.5 Å². The van der Waals surface area contributed by atoms with Crippen LogP contribution in [0.25, 0.3) is 6.08 Å². The summed E-state index contributed by atoms with van der Waals surface area (Å²) in [7, 11) is 0. The van der Waals surface area contributed by atoms with E-state index in [0.717, 1.165) is 43.4 Å². The molecule has 1 aliphatic rings. The lowest BCUT2D eigenvalue weighted by Gasteiger charge is -2.32. The number of hydrogen-bond acceptors (Lipinski definition) is 9. The van der Waals surface area contributed by atoms with Gasteiger partial charge in [0.25, 0.3) is 0 Å². The van der Waals surface area contributed by atoms with Crippen LogP contribution < -0.4 is 27.8 Å². The van der Waals surface area contributed by atoms with Gasteiger partial charge in [-0.05, 0) is 43.0 Å². The third-order valence-corrected chi connectivity index (χ3v) is 5.97. The van der Waals surface area contributed by atoms with Gasteiger partial charge in [-0.15, -0.1) is 0 Å². The van der Waals surface area contributed by atoms with Gasteiger partial charge in [-0.2, -0.15) is 4.98 Å². The van der Waals surface area contributed by atoms with E-state index in [2.05, 4.69) is 27.5 Å². The van der Waals surface area contributed by atoms with Gasteiger partial charge in [0.2, 0.25) is 11.9 Å². The van der Waals surface area contributed by atoms with E-state index in [1.807, 2.05) is 41.4 Å². The highest BCUT2D eigenvalue weighted by Crippen LogP contribution is 2.33. The molecule has 3 rings (SSSR count). The fraction of sp³-hybridized carbons (Fsp3) is 0.480. The number of amides is 1. The lowest BCUT2D eigenvalue weighted by atomic mass is 10.1. The fourth-order valence-corrected chi connectivity index (χ4v) is 3.89. The maximum atomic E-state index is 12.2. The summed E-state index contributed by atoms with van der Waals surface area (Å²) in [6, 6.07) is 7.38. The number of hydrogen-bond donors (Lipinski definition) is 6. The Kier molecular flexibility index (Phi) is 9.83. The lowest BCUT2D eigenvalue weighted by Crippen LogP contribution is -2.40. The van der Waals surface area contributed by atoms with Crippen molar-refractivity contribution in [3.05, 3.63) is 52.8 Å². The van der Waals surface area contributed by atoms with Crippen LogP contribution in [0.1, 0.15) is 67.6 Å². The second kappa shape index (κ2) is 13.0. The third-order valence-electron chi connectivity index (χ3n) is 5.97. The number of rotatable bonds is 13. The highest BCUT2D eigenvalue weighted by Gasteiger charge is 2.27.